The standard InChI is InChI=1S/C26H30N2O5S3/c1-3-5-6-7-8-16-34-26-27-22-14-13-21(18-24(22)35-26)36(31,32)28-23(25(29)30)17-19-9-11-20(12-10-19)33-15-4-2/h2,9-14,18,23,28H,3,5-8,15-17H2,1H3,(H,29,30)/t23-/m1/s1. The number of hydrogen-bond donors (Lipinski definition) is 2. The highest BCUT2D eigenvalue weighted by atomic mass is 32.2. The van der Waals surface area contributed by atoms with Gasteiger partial charge in [0, 0.05) is 5.75 Å². The lowest BCUT2D eigenvalue weighted by atomic mass is 10.1. The van der Waals surface area contributed by atoms with Gasteiger partial charge in [0.15, 0.2) is 4.34 Å². The third kappa shape index (κ3) is 8.23. The maximum atomic E-state index is 13.0. The molecule has 0 unspecified atom stereocenters. The van der Waals surface area contributed by atoms with Gasteiger partial charge in [-0.05, 0) is 48.7 Å². The van der Waals surface area contributed by atoms with Crippen LogP contribution in [0, 0.1) is 12.3 Å². The summed E-state index contributed by atoms with van der Waals surface area (Å²) in [6.45, 7) is 2.32. The predicted octanol–water partition coefficient (Wildman–Crippen LogP) is 5.35. The van der Waals surface area contributed by atoms with Crippen molar-refractivity contribution in [2.75, 3.05) is 12.4 Å². The van der Waals surface area contributed by atoms with Gasteiger partial charge in [-0.15, -0.1) is 17.8 Å². The largest absolute Gasteiger partial charge is 0.481 e. The third-order valence-electron chi connectivity index (χ3n) is 5.40. The lowest BCUT2D eigenvalue weighted by Crippen LogP contribution is -2.42. The molecule has 0 radical (unpaired) electrons. The maximum Gasteiger partial charge on any atom is 0.322 e. The van der Waals surface area contributed by atoms with Crippen LogP contribution in [0.25, 0.3) is 10.2 Å². The number of thioether (sulfide) groups is 1. The molecule has 0 saturated carbocycles. The zero-order valence-corrected chi connectivity index (χ0v) is 22.6. The number of aliphatic carboxylic acids is 1. The first-order chi connectivity index (χ1) is 17.3. The number of fused-ring (bicyclic) bond motifs is 1. The van der Waals surface area contributed by atoms with Crippen molar-refractivity contribution < 1.29 is 23.1 Å². The number of nitrogens with zero attached hydrogens (tertiary/aromatic N) is 1. The number of benzene rings is 2. The molecule has 1 atom stereocenters. The van der Waals surface area contributed by atoms with E-state index in [0.29, 0.717) is 11.3 Å². The minimum atomic E-state index is -4.06. The highest BCUT2D eigenvalue weighted by Gasteiger charge is 2.26. The molecular formula is C26H30N2O5S3. The van der Waals surface area contributed by atoms with E-state index in [0.717, 1.165) is 26.7 Å². The predicted molar refractivity (Wildman–Crippen MR) is 145 cm³/mol. The van der Waals surface area contributed by atoms with Crippen molar-refractivity contribution in [3.8, 4) is 18.1 Å². The second-order valence-electron chi connectivity index (χ2n) is 8.22. The number of sulfonamides is 1. The zero-order chi connectivity index (χ0) is 26.0. The molecule has 0 fully saturated rings. The van der Waals surface area contributed by atoms with Crippen molar-refractivity contribution in [2.24, 2.45) is 0 Å². The third-order valence-corrected chi connectivity index (χ3v) is 9.12. The quantitative estimate of drug-likeness (QED) is 0.150. The lowest BCUT2D eigenvalue weighted by Gasteiger charge is -2.15. The number of thiazole rings is 1. The summed E-state index contributed by atoms with van der Waals surface area (Å²) in [5.74, 6) is 2.64. The first-order valence-corrected chi connectivity index (χ1v) is 15.0. The molecule has 0 aliphatic rings. The molecule has 192 valence electrons. The van der Waals surface area contributed by atoms with E-state index < -0.39 is 22.0 Å². The molecule has 36 heavy (non-hydrogen) atoms. The number of carboxylic acid groups (broad SMARTS) is 1. The van der Waals surface area contributed by atoms with Crippen molar-refractivity contribution in [3.63, 3.8) is 0 Å². The SMILES string of the molecule is C#CCOc1ccc(C[C@@H](NS(=O)(=O)c2ccc3nc(SCCCCCCC)sc3c2)C(=O)O)cc1. The Bertz CT molecular complexity index is 1300. The summed E-state index contributed by atoms with van der Waals surface area (Å²) in [4.78, 5) is 16.4. The molecule has 0 spiro atoms. The minimum Gasteiger partial charge on any atom is -0.481 e. The van der Waals surface area contributed by atoms with Gasteiger partial charge < -0.3 is 9.84 Å². The lowest BCUT2D eigenvalue weighted by molar-refractivity contribution is -0.138. The number of nitrogens with one attached hydrogen (secondary N) is 1. The summed E-state index contributed by atoms with van der Waals surface area (Å²) in [5.41, 5.74) is 1.38. The van der Waals surface area contributed by atoms with Crippen molar-refractivity contribution in [3.05, 3.63) is 48.0 Å². The van der Waals surface area contributed by atoms with Crippen LogP contribution in [0.4, 0.5) is 0 Å². The van der Waals surface area contributed by atoms with Crippen LogP contribution in [0.3, 0.4) is 0 Å². The topological polar surface area (TPSA) is 106 Å². The van der Waals surface area contributed by atoms with E-state index in [1.165, 1.54) is 43.1 Å². The van der Waals surface area contributed by atoms with E-state index >= 15 is 0 Å². The average Bonchev–Trinajstić information content (AvgIpc) is 3.27. The van der Waals surface area contributed by atoms with Gasteiger partial charge in [-0.2, -0.15) is 4.72 Å². The molecule has 1 heterocycles. The average molecular weight is 547 g/mol. The molecule has 1 aromatic heterocycles. The number of aromatic nitrogens is 1. The summed E-state index contributed by atoms with van der Waals surface area (Å²) in [6.07, 6.45) is 11.2. The minimum absolute atomic E-state index is 0.0130. The molecule has 2 aromatic carbocycles. The Kier molecular flexibility index (Phi) is 10.6. The van der Waals surface area contributed by atoms with Gasteiger partial charge in [-0.1, -0.05) is 62.4 Å². The van der Waals surface area contributed by atoms with Gasteiger partial charge in [0.05, 0.1) is 15.1 Å². The molecular weight excluding hydrogens is 516 g/mol. The van der Waals surface area contributed by atoms with E-state index in [-0.39, 0.29) is 17.9 Å². The molecule has 7 nitrogen and oxygen atoms in total. The molecule has 3 aromatic rings. The summed E-state index contributed by atoms with van der Waals surface area (Å²) >= 11 is 3.13. The van der Waals surface area contributed by atoms with Crippen LogP contribution in [-0.2, 0) is 21.2 Å². The Balaban J connectivity index is 1.66. The highest BCUT2D eigenvalue weighted by molar-refractivity contribution is 8.01. The molecule has 0 saturated heterocycles. The Morgan fingerprint density at radius 2 is 1.94 bits per heavy atom. The van der Waals surface area contributed by atoms with Gasteiger partial charge in [0.25, 0.3) is 0 Å². The number of terminal acetylenes is 1. The Morgan fingerprint density at radius 1 is 1.19 bits per heavy atom. The van der Waals surface area contributed by atoms with E-state index in [4.69, 9.17) is 11.2 Å². The highest BCUT2D eigenvalue weighted by Crippen LogP contribution is 2.31. The van der Waals surface area contributed by atoms with Crippen LogP contribution in [-0.4, -0.2) is 42.9 Å². The second kappa shape index (κ2) is 13.7. The maximum absolute atomic E-state index is 13.0. The normalized spacial score (nSPS) is 12.3. The molecule has 0 amide bonds. The second-order valence-corrected chi connectivity index (χ2v) is 12.3. The van der Waals surface area contributed by atoms with Gasteiger partial charge in [-0.25, -0.2) is 13.4 Å². The summed E-state index contributed by atoms with van der Waals surface area (Å²) in [7, 11) is -4.06. The number of rotatable bonds is 15. The Morgan fingerprint density at radius 3 is 2.64 bits per heavy atom. The summed E-state index contributed by atoms with van der Waals surface area (Å²) in [6, 6.07) is 10.0. The zero-order valence-electron chi connectivity index (χ0n) is 20.1. The molecule has 0 aliphatic carbocycles. The fourth-order valence-electron chi connectivity index (χ4n) is 3.49. The number of carbonyl (C=O) groups is 1. The van der Waals surface area contributed by atoms with Gasteiger partial charge in [0.2, 0.25) is 10.0 Å². The van der Waals surface area contributed by atoms with Crippen LogP contribution in [0.2, 0.25) is 0 Å². The number of carboxylic acids is 1. The van der Waals surface area contributed by atoms with Crippen LogP contribution in [0.5, 0.6) is 5.75 Å². The number of ether oxygens (including phenoxy) is 1. The summed E-state index contributed by atoms with van der Waals surface area (Å²) in [5, 5.41) is 9.66. The van der Waals surface area contributed by atoms with Crippen LogP contribution >= 0.6 is 23.1 Å². The molecule has 0 aliphatic heterocycles. The Labute approximate surface area is 220 Å². The van der Waals surface area contributed by atoms with Crippen molar-refractivity contribution in [1.82, 2.24) is 9.71 Å². The smallest absolute Gasteiger partial charge is 0.322 e. The fourth-order valence-corrected chi connectivity index (χ4v) is 6.96. The number of unbranched alkanes of at least 4 members (excludes halogenated alkanes) is 4. The van der Waals surface area contributed by atoms with E-state index in [9.17, 15) is 18.3 Å². The van der Waals surface area contributed by atoms with Crippen molar-refractivity contribution in [1.29, 1.82) is 0 Å². The molecule has 0 bridgehead atoms. The Hall–Kier alpha value is -2.58. The summed E-state index contributed by atoms with van der Waals surface area (Å²) < 4.78 is 35.3. The first-order valence-electron chi connectivity index (χ1n) is 11.8. The van der Waals surface area contributed by atoms with Gasteiger partial charge >= 0.3 is 5.97 Å². The van der Waals surface area contributed by atoms with E-state index in [2.05, 4.69) is 22.6 Å². The van der Waals surface area contributed by atoms with Crippen LogP contribution in [0.15, 0.2) is 51.7 Å². The van der Waals surface area contributed by atoms with E-state index in [1.54, 1.807) is 48.2 Å². The monoisotopic (exact) mass is 546 g/mol. The molecule has 2 N–H and O–H groups in total. The number of hydrogen-bond acceptors (Lipinski definition) is 7. The van der Waals surface area contributed by atoms with E-state index in [1.807, 2.05) is 0 Å². The van der Waals surface area contributed by atoms with Gasteiger partial charge in [0.1, 0.15) is 18.4 Å². The first kappa shape index (κ1) is 28.0. The molecule has 10 heteroatoms. The van der Waals surface area contributed by atoms with Crippen molar-refractivity contribution >= 4 is 49.3 Å². The molecule has 3 rings (SSSR count). The van der Waals surface area contributed by atoms with Crippen molar-refractivity contribution in [2.45, 2.75) is 60.7 Å². The fraction of sp³-hybridized carbons (Fsp3) is 0.385. The van der Waals surface area contributed by atoms with Crippen LogP contribution in [0.1, 0.15) is 44.6 Å². The van der Waals surface area contributed by atoms with Crippen LogP contribution < -0.4 is 9.46 Å². The van der Waals surface area contributed by atoms with Gasteiger partial charge in [-0.3, -0.25) is 4.79 Å².